The number of nitrogens with zero attached hydrogens (tertiary/aromatic N) is 2. The Kier molecular flexibility index (Phi) is 4.99. The van der Waals surface area contributed by atoms with E-state index in [0.717, 1.165) is 11.5 Å². The third-order valence-electron chi connectivity index (χ3n) is 2.20. The van der Waals surface area contributed by atoms with Gasteiger partial charge in [-0.15, -0.1) is 5.10 Å². The fraction of sp³-hybridized carbons (Fsp3) is 0.667. The molecule has 7 heteroatoms. The van der Waals surface area contributed by atoms with Crippen LogP contribution in [0.5, 0.6) is 0 Å². The van der Waals surface area contributed by atoms with E-state index in [1.54, 1.807) is 20.8 Å². The third-order valence-corrected chi connectivity index (χ3v) is 2.86. The van der Waals surface area contributed by atoms with Crippen molar-refractivity contribution in [3.63, 3.8) is 0 Å². The molecule has 0 fully saturated rings. The Morgan fingerprint density at radius 3 is 2.42 bits per heavy atom. The normalized spacial score (nSPS) is 13.2. The minimum Gasteiger partial charge on any atom is -0.458 e. The predicted molar refractivity (Wildman–Crippen MR) is 71.8 cm³/mol. The van der Waals surface area contributed by atoms with E-state index in [0.29, 0.717) is 4.88 Å². The van der Waals surface area contributed by atoms with Gasteiger partial charge in [0.1, 0.15) is 16.5 Å². The summed E-state index contributed by atoms with van der Waals surface area (Å²) < 4.78 is 8.91. The summed E-state index contributed by atoms with van der Waals surface area (Å²) in [5.41, 5.74) is -0.582. The summed E-state index contributed by atoms with van der Waals surface area (Å²) in [6, 6.07) is -0.686. The Labute approximate surface area is 116 Å². The second-order valence-electron chi connectivity index (χ2n) is 5.51. The van der Waals surface area contributed by atoms with Crippen LogP contribution in [0.1, 0.15) is 44.3 Å². The number of esters is 1. The number of aromatic nitrogens is 2. The minimum atomic E-state index is -0.686. The van der Waals surface area contributed by atoms with Gasteiger partial charge >= 0.3 is 5.97 Å². The highest BCUT2D eigenvalue weighted by molar-refractivity contribution is 7.07. The SMILES string of the molecule is CC(C)[C@@H](NC(=O)c1cnns1)C(=O)OC(C)(C)C. The van der Waals surface area contributed by atoms with Crippen LogP contribution in [0.4, 0.5) is 0 Å². The predicted octanol–water partition coefficient (Wildman–Crippen LogP) is 1.63. The molecular formula is C12H19N3O3S. The molecule has 19 heavy (non-hydrogen) atoms. The fourth-order valence-corrected chi connectivity index (χ4v) is 1.76. The smallest absolute Gasteiger partial charge is 0.329 e. The molecule has 1 heterocycles. The zero-order valence-corrected chi connectivity index (χ0v) is 12.6. The molecule has 1 aromatic rings. The second-order valence-corrected chi connectivity index (χ2v) is 6.30. The van der Waals surface area contributed by atoms with Crippen LogP contribution in [-0.2, 0) is 9.53 Å². The van der Waals surface area contributed by atoms with Gasteiger partial charge in [0.15, 0.2) is 0 Å². The summed E-state index contributed by atoms with van der Waals surface area (Å²) in [6.07, 6.45) is 1.37. The first-order valence-electron chi connectivity index (χ1n) is 6.02. The monoisotopic (exact) mass is 285 g/mol. The van der Waals surface area contributed by atoms with Gasteiger partial charge in [-0.2, -0.15) is 0 Å². The van der Waals surface area contributed by atoms with Gasteiger partial charge < -0.3 is 10.1 Å². The molecule has 0 aliphatic rings. The first-order chi connectivity index (χ1) is 8.70. The molecule has 0 bridgehead atoms. The van der Waals surface area contributed by atoms with E-state index in [-0.39, 0.29) is 11.8 Å². The lowest BCUT2D eigenvalue weighted by Gasteiger charge is -2.26. The maximum Gasteiger partial charge on any atom is 0.329 e. The lowest BCUT2D eigenvalue weighted by molar-refractivity contribution is -0.158. The van der Waals surface area contributed by atoms with E-state index >= 15 is 0 Å². The summed E-state index contributed by atoms with van der Waals surface area (Å²) in [6.45, 7) is 9.06. The quantitative estimate of drug-likeness (QED) is 0.850. The van der Waals surface area contributed by atoms with Crippen LogP contribution >= 0.6 is 11.5 Å². The van der Waals surface area contributed by atoms with Gasteiger partial charge in [0, 0.05) is 0 Å². The average Bonchev–Trinajstić information content (AvgIpc) is 2.75. The van der Waals surface area contributed by atoms with Gasteiger partial charge in [0.25, 0.3) is 5.91 Å². The van der Waals surface area contributed by atoms with Gasteiger partial charge in [0.2, 0.25) is 0 Å². The summed E-state index contributed by atoms with van der Waals surface area (Å²) >= 11 is 0.984. The van der Waals surface area contributed by atoms with Crippen LogP contribution in [0.2, 0.25) is 0 Å². The molecule has 0 spiro atoms. The number of rotatable bonds is 4. The zero-order chi connectivity index (χ0) is 14.6. The van der Waals surface area contributed by atoms with Crippen LogP contribution in [0, 0.1) is 5.92 Å². The molecule has 0 aliphatic heterocycles. The average molecular weight is 285 g/mol. The van der Waals surface area contributed by atoms with Gasteiger partial charge in [0.05, 0.1) is 6.20 Å². The number of nitrogens with one attached hydrogen (secondary N) is 1. The molecule has 0 radical (unpaired) electrons. The molecule has 0 unspecified atom stereocenters. The van der Waals surface area contributed by atoms with Gasteiger partial charge in [-0.3, -0.25) is 4.79 Å². The first-order valence-corrected chi connectivity index (χ1v) is 6.79. The zero-order valence-electron chi connectivity index (χ0n) is 11.8. The van der Waals surface area contributed by atoms with Crippen molar-refractivity contribution in [3.8, 4) is 0 Å². The number of hydrogen-bond acceptors (Lipinski definition) is 6. The summed E-state index contributed by atoms with van der Waals surface area (Å²) in [7, 11) is 0. The highest BCUT2D eigenvalue weighted by Gasteiger charge is 2.29. The van der Waals surface area contributed by atoms with Crippen molar-refractivity contribution in [1.29, 1.82) is 0 Å². The van der Waals surface area contributed by atoms with Gasteiger partial charge in [-0.05, 0) is 38.2 Å². The van der Waals surface area contributed by atoms with Crippen LogP contribution in [0.15, 0.2) is 6.20 Å². The van der Waals surface area contributed by atoms with Crippen molar-refractivity contribution < 1.29 is 14.3 Å². The number of carbonyl (C=O) groups is 2. The van der Waals surface area contributed by atoms with Gasteiger partial charge in [-0.25, -0.2) is 4.79 Å². The molecule has 0 saturated heterocycles. The first kappa shape index (κ1) is 15.6. The minimum absolute atomic E-state index is 0.0697. The van der Waals surface area contributed by atoms with Crippen molar-refractivity contribution in [3.05, 3.63) is 11.1 Å². The summed E-state index contributed by atoms with van der Waals surface area (Å²) in [5, 5.41) is 6.25. The molecule has 6 nitrogen and oxygen atoms in total. The van der Waals surface area contributed by atoms with Crippen LogP contribution in [0.3, 0.4) is 0 Å². The maximum absolute atomic E-state index is 12.0. The highest BCUT2D eigenvalue weighted by atomic mass is 32.1. The number of amides is 1. The van der Waals surface area contributed by atoms with Crippen molar-refractivity contribution in [2.75, 3.05) is 0 Å². The van der Waals surface area contributed by atoms with Crippen LogP contribution < -0.4 is 5.32 Å². The van der Waals surface area contributed by atoms with E-state index in [2.05, 4.69) is 14.9 Å². The molecule has 1 N–H and O–H groups in total. The maximum atomic E-state index is 12.0. The van der Waals surface area contributed by atoms with Crippen molar-refractivity contribution in [2.45, 2.75) is 46.3 Å². The Hall–Kier alpha value is -1.50. The molecule has 0 aliphatic carbocycles. The Balaban J connectivity index is 2.73. The number of ether oxygens (including phenoxy) is 1. The number of hydrogen-bond donors (Lipinski definition) is 1. The van der Waals surface area contributed by atoms with Crippen LogP contribution in [-0.4, -0.2) is 33.1 Å². The summed E-state index contributed by atoms with van der Waals surface area (Å²) in [4.78, 5) is 24.3. The molecule has 0 saturated carbocycles. The van der Waals surface area contributed by atoms with E-state index in [9.17, 15) is 9.59 Å². The van der Waals surface area contributed by atoms with Gasteiger partial charge in [-0.1, -0.05) is 18.3 Å². The summed E-state index contributed by atoms with van der Waals surface area (Å²) in [5.74, 6) is -0.868. The van der Waals surface area contributed by atoms with Crippen molar-refractivity contribution >= 4 is 23.4 Å². The highest BCUT2D eigenvalue weighted by Crippen LogP contribution is 2.13. The molecule has 1 atom stereocenters. The second kappa shape index (κ2) is 6.10. The molecule has 1 aromatic heterocycles. The Morgan fingerprint density at radius 1 is 1.37 bits per heavy atom. The van der Waals surface area contributed by atoms with E-state index < -0.39 is 17.6 Å². The molecule has 1 amide bonds. The Bertz CT molecular complexity index is 438. The standard InChI is InChI=1S/C12H19N3O3S/c1-7(2)9(11(17)18-12(3,4)5)14-10(16)8-6-13-15-19-8/h6-7,9H,1-5H3,(H,14,16)/t9-/m1/s1. The number of carbonyl (C=O) groups excluding carboxylic acids is 2. The fourth-order valence-electron chi connectivity index (χ4n) is 1.34. The molecule has 0 aromatic carbocycles. The topological polar surface area (TPSA) is 81.2 Å². The lowest BCUT2D eigenvalue weighted by atomic mass is 10.0. The van der Waals surface area contributed by atoms with E-state index in [1.807, 2.05) is 13.8 Å². The molecule has 1 rings (SSSR count). The Morgan fingerprint density at radius 2 is 2.00 bits per heavy atom. The van der Waals surface area contributed by atoms with E-state index in [4.69, 9.17) is 4.74 Å². The largest absolute Gasteiger partial charge is 0.458 e. The van der Waals surface area contributed by atoms with Crippen molar-refractivity contribution in [2.24, 2.45) is 5.92 Å². The van der Waals surface area contributed by atoms with Crippen molar-refractivity contribution in [1.82, 2.24) is 14.9 Å². The van der Waals surface area contributed by atoms with E-state index in [1.165, 1.54) is 6.20 Å². The third kappa shape index (κ3) is 4.94. The molecule has 106 valence electrons. The molecular weight excluding hydrogens is 266 g/mol. The lowest BCUT2D eigenvalue weighted by Crippen LogP contribution is -2.47. The van der Waals surface area contributed by atoms with Crippen LogP contribution in [0.25, 0.3) is 0 Å².